The maximum absolute atomic E-state index is 14.9. The van der Waals surface area contributed by atoms with Crippen LogP contribution in [0.4, 0.5) is 4.79 Å². The highest BCUT2D eigenvalue weighted by molar-refractivity contribution is 7.91. The molecule has 57 heavy (non-hydrogen) atoms. The molecule has 0 spiro atoms. The molecular formula is C41H56N6O9S. The molecule has 16 heteroatoms. The Balaban J connectivity index is 1.12. The van der Waals surface area contributed by atoms with Crippen molar-refractivity contribution in [2.45, 2.75) is 132 Å². The van der Waals surface area contributed by atoms with E-state index in [2.05, 4.69) is 21.4 Å². The number of carbonyl (C=O) groups is 4. The summed E-state index contributed by atoms with van der Waals surface area (Å²) in [6.45, 7) is 3.51. The van der Waals surface area contributed by atoms with Gasteiger partial charge in [-0.1, -0.05) is 32.6 Å². The number of nitrogens with one attached hydrogen (secondary N) is 3. The highest BCUT2D eigenvalue weighted by Gasteiger charge is 2.62. The Labute approximate surface area is 334 Å². The van der Waals surface area contributed by atoms with Crippen molar-refractivity contribution in [3.8, 4) is 11.6 Å². The molecule has 0 radical (unpaired) electrons. The smallest absolute Gasteiger partial charge is 0.318 e. The number of sulfonamides is 1. The predicted octanol–water partition coefficient (Wildman–Crippen LogP) is 3.57. The molecule has 5 amide bonds. The Bertz CT molecular complexity index is 1990. The fourth-order valence-corrected chi connectivity index (χ4v) is 10.7. The monoisotopic (exact) mass is 808 g/mol. The molecule has 2 aromatic rings. The number of rotatable bonds is 8. The number of pyridine rings is 1. The van der Waals surface area contributed by atoms with Crippen LogP contribution >= 0.6 is 0 Å². The molecule has 4 bridgehead atoms. The van der Waals surface area contributed by atoms with Crippen LogP contribution in [0.2, 0.25) is 0 Å². The molecule has 4 heterocycles. The van der Waals surface area contributed by atoms with Crippen molar-refractivity contribution in [2.75, 3.05) is 33.4 Å². The second kappa shape index (κ2) is 16.2. The van der Waals surface area contributed by atoms with Gasteiger partial charge in [0.1, 0.15) is 29.5 Å². The van der Waals surface area contributed by atoms with E-state index in [0.717, 1.165) is 62.3 Å². The van der Waals surface area contributed by atoms with E-state index >= 15 is 0 Å². The van der Waals surface area contributed by atoms with Gasteiger partial charge in [-0.2, -0.15) is 0 Å². The first-order chi connectivity index (χ1) is 27.5. The fourth-order valence-electron chi connectivity index (χ4n) is 9.38. The molecule has 1 unspecified atom stereocenters. The van der Waals surface area contributed by atoms with E-state index in [-0.39, 0.29) is 49.3 Å². The van der Waals surface area contributed by atoms with Gasteiger partial charge in [-0.25, -0.2) is 18.2 Å². The quantitative estimate of drug-likeness (QED) is 0.356. The second-order valence-corrected chi connectivity index (χ2v) is 18.9. The van der Waals surface area contributed by atoms with E-state index in [0.29, 0.717) is 62.5 Å². The minimum Gasteiger partial charge on any atom is -0.497 e. The van der Waals surface area contributed by atoms with Crippen LogP contribution in [0.5, 0.6) is 11.6 Å². The molecule has 3 aliphatic heterocycles. The zero-order valence-electron chi connectivity index (χ0n) is 33.0. The summed E-state index contributed by atoms with van der Waals surface area (Å²) in [6, 6.07) is 5.53. The molecule has 310 valence electrons. The van der Waals surface area contributed by atoms with Crippen LogP contribution < -0.4 is 24.8 Å². The standard InChI is InChI=1S/C41H56N6O9S/c1-3-28-22-41(28,39(50)45-57(52,53)32-14-15-32)44-36(48)34-21-31-24-47(34)38(49)35(25-9-6-7-10-25)43-40(51)46-17-16-30(23-46)55-18-8-4-5-11-27-19-26-12-13-29(54-2)20-33(26)42-37(27)56-31/h12-13,19-20,25,28,30-32,34-35H,3-11,14-18,21-24H2,1-2H3,(H,43,51)(H,44,48)(H,45,50)/t28?,30-,31+,34-,35-,41-/m0/s1. The third-order valence-corrected chi connectivity index (χ3v) is 14.8. The average Bonchev–Trinajstić information content (AvgIpc) is 3.97. The first-order valence-electron chi connectivity index (χ1n) is 21.0. The van der Waals surface area contributed by atoms with Crippen molar-refractivity contribution in [1.29, 1.82) is 0 Å². The predicted molar refractivity (Wildman–Crippen MR) is 210 cm³/mol. The molecule has 3 aliphatic carbocycles. The van der Waals surface area contributed by atoms with E-state index in [4.69, 9.17) is 19.2 Å². The number of hydrogen-bond acceptors (Lipinski definition) is 10. The fraction of sp³-hybridized carbons (Fsp3) is 0.683. The van der Waals surface area contributed by atoms with Crippen LogP contribution in [0.1, 0.15) is 96.0 Å². The molecule has 5 fully saturated rings. The number of methoxy groups -OCH3 is 1. The summed E-state index contributed by atoms with van der Waals surface area (Å²) in [4.78, 5) is 65.2. The van der Waals surface area contributed by atoms with Gasteiger partial charge in [0.05, 0.1) is 30.5 Å². The molecule has 3 N–H and O–H groups in total. The van der Waals surface area contributed by atoms with Crippen LogP contribution in [0.25, 0.3) is 10.9 Å². The van der Waals surface area contributed by atoms with Crippen molar-refractivity contribution in [3.63, 3.8) is 0 Å². The van der Waals surface area contributed by atoms with Gasteiger partial charge in [0, 0.05) is 43.1 Å². The number of nitrogens with zero attached hydrogens (tertiary/aromatic N) is 3. The highest BCUT2D eigenvalue weighted by atomic mass is 32.2. The van der Waals surface area contributed by atoms with E-state index in [1.165, 1.54) is 4.90 Å². The lowest BCUT2D eigenvalue weighted by atomic mass is 9.96. The van der Waals surface area contributed by atoms with Crippen molar-refractivity contribution in [1.82, 2.24) is 30.1 Å². The van der Waals surface area contributed by atoms with E-state index in [9.17, 15) is 27.6 Å². The molecular weight excluding hydrogens is 753 g/mol. The molecule has 6 aliphatic rings. The maximum atomic E-state index is 14.9. The third-order valence-electron chi connectivity index (χ3n) is 13.0. The number of ether oxygens (including phenoxy) is 3. The van der Waals surface area contributed by atoms with Crippen LogP contribution in [-0.4, -0.2) is 115 Å². The topological polar surface area (TPSA) is 186 Å². The Kier molecular flexibility index (Phi) is 11.3. The van der Waals surface area contributed by atoms with Gasteiger partial charge in [0.15, 0.2) is 0 Å². The minimum atomic E-state index is -3.86. The number of aromatic nitrogens is 1. The number of fused-ring (bicyclic) bond motifs is 6. The van der Waals surface area contributed by atoms with Crippen LogP contribution in [0.15, 0.2) is 24.3 Å². The zero-order valence-corrected chi connectivity index (χ0v) is 33.8. The van der Waals surface area contributed by atoms with Crippen LogP contribution in [0.3, 0.4) is 0 Å². The maximum Gasteiger partial charge on any atom is 0.318 e. The number of benzene rings is 1. The number of amides is 5. The number of aryl methyl sites for hydroxylation is 1. The van der Waals surface area contributed by atoms with Crippen LogP contribution in [-0.2, 0) is 35.6 Å². The van der Waals surface area contributed by atoms with Gasteiger partial charge in [-0.3, -0.25) is 19.1 Å². The van der Waals surface area contributed by atoms with Gasteiger partial charge in [-0.05, 0) is 87.8 Å². The molecule has 3 saturated carbocycles. The van der Waals surface area contributed by atoms with E-state index in [1.807, 2.05) is 25.1 Å². The Morgan fingerprint density at radius 1 is 1.02 bits per heavy atom. The van der Waals surface area contributed by atoms with Gasteiger partial charge >= 0.3 is 6.03 Å². The summed E-state index contributed by atoms with van der Waals surface area (Å²) >= 11 is 0. The van der Waals surface area contributed by atoms with Gasteiger partial charge < -0.3 is 34.6 Å². The molecule has 1 aromatic heterocycles. The van der Waals surface area contributed by atoms with Crippen molar-refractivity contribution in [3.05, 3.63) is 29.8 Å². The summed E-state index contributed by atoms with van der Waals surface area (Å²) in [5.74, 6) is -0.978. The van der Waals surface area contributed by atoms with Crippen molar-refractivity contribution < 1.29 is 41.8 Å². The highest BCUT2D eigenvalue weighted by Crippen LogP contribution is 2.47. The van der Waals surface area contributed by atoms with Crippen molar-refractivity contribution in [2.24, 2.45) is 11.8 Å². The summed E-state index contributed by atoms with van der Waals surface area (Å²) < 4.78 is 46.3. The normalized spacial score (nSPS) is 30.1. The Morgan fingerprint density at radius 3 is 2.56 bits per heavy atom. The summed E-state index contributed by atoms with van der Waals surface area (Å²) in [5.41, 5.74) is 0.185. The number of hydrogen-bond donors (Lipinski definition) is 3. The second-order valence-electron chi connectivity index (χ2n) is 16.9. The van der Waals surface area contributed by atoms with Gasteiger partial charge in [0.25, 0.3) is 5.91 Å². The van der Waals surface area contributed by atoms with Gasteiger partial charge in [-0.15, -0.1) is 0 Å². The number of carbonyl (C=O) groups excluding carboxylic acids is 4. The molecule has 6 atom stereocenters. The first-order valence-corrected chi connectivity index (χ1v) is 22.5. The third kappa shape index (κ3) is 8.39. The van der Waals surface area contributed by atoms with Crippen molar-refractivity contribution >= 4 is 44.7 Å². The molecule has 15 nitrogen and oxygen atoms in total. The van der Waals surface area contributed by atoms with E-state index < -0.39 is 50.8 Å². The minimum absolute atomic E-state index is 0.0549. The zero-order chi connectivity index (χ0) is 39.9. The summed E-state index contributed by atoms with van der Waals surface area (Å²) in [5, 5.41) is 6.36. The summed E-state index contributed by atoms with van der Waals surface area (Å²) in [6.07, 6.45) is 8.67. The molecule has 2 saturated heterocycles. The lowest BCUT2D eigenvalue weighted by Gasteiger charge is -2.33. The Hall–Kier alpha value is -4.18. The summed E-state index contributed by atoms with van der Waals surface area (Å²) in [7, 11) is -2.26. The molecule has 1 aromatic carbocycles. The SMILES string of the molecule is CCC1C[C@@]1(NC(=O)[C@@H]1C[C@@H]2CN1C(=O)[C@H](C1CCCC1)NC(=O)N1CC[C@@H](C1)OCCCCCc1cc3ccc(OC)cc3nc1O2)C(=O)NS(=O)(=O)C1CC1. The Morgan fingerprint density at radius 2 is 1.82 bits per heavy atom. The lowest BCUT2D eigenvalue weighted by molar-refractivity contribution is -0.142. The molecule has 8 rings (SSSR count). The average molecular weight is 809 g/mol. The number of urea groups is 1. The van der Waals surface area contributed by atoms with E-state index in [1.54, 1.807) is 12.0 Å². The first kappa shape index (κ1) is 39.6. The lowest BCUT2D eigenvalue weighted by Crippen LogP contribution is -2.60. The largest absolute Gasteiger partial charge is 0.497 e. The van der Waals surface area contributed by atoms with Crippen LogP contribution in [0, 0.1) is 11.8 Å². The van der Waals surface area contributed by atoms with Gasteiger partial charge in [0.2, 0.25) is 27.7 Å².